The van der Waals surface area contributed by atoms with Gasteiger partial charge in [-0.15, -0.1) is 0 Å². The Morgan fingerprint density at radius 3 is 2.46 bits per heavy atom. The smallest absolute Gasteiger partial charge is 0.257 e. The molecule has 2 aromatic carbocycles. The van der Waals surface area contributed by atoms with Gasteiger partial charge in [-0.3, -0.25) is 9.59 Å². The Bertz CT molecular complexity index is 805. The molecule has 0 aliphatic carbocycles. The molecule has 0 saturated heterocycles. The molecule has 6 nitrogen and oxygen atoms in total. The second kappa shape index (κ2) is 10.5. The molecule has 2 aromatic rings. The lowest BCUT2D eigenvalue weighted by atomic mass is 10.1. The molecular weight excluding hydrogens is 356 g/mol. The van der Waals surface area contributed by atoms with Crippen LogP contribution in [0.3, 0.4) is 0 Å². The first kappa shape index (κ1) is 21.4. The standard InChI is InChI=1S/C22H28N2O4/c1-15(2)12-13-28-16(3)21(25)24-20-11-6-5-10-19(20)22(26)23-17-8-7-9-18(14-17)27-4/h5-11,14-16H,12-13H2,1-4H3,(H,23,26)(H,24,25). The lowest BCUT2D eigenvalue weighted by Crippen LogP contribution is -2.29. The van der Waals surface area contributed by atoms with Gasteiger partial charge < -0.3 is 20.1 Å². The second-order valence-electron chi connectivity index (χ2n) is 6.92. The highest BCUT2D eigenvalue weighted by Crippen LogP contribution is 2.20. The van der Waals surface area contributed by atoms with Gasteiger partial charge in [-0.2, -0.15) is 0 Å². The Morgan fingerprint density at radius 2 is 1.75 bits per heavy atom. The van der Waals surface area contributed by atoms with E-state index >= 15 is 0 Å². The van der Waals surface area contributed by atoms with Crippen LogP contribution in [0.1, 0.15) is 37.6 Å². The SMILES string of the molecule is COc1cccc(NC(=O)c2ccccc2NC(=O)C(C)OCCC(C)C)c1. The van der Waals surface area contributed by atoms with Crippen LogP contribution in [-0.4, -0.2) is 31.6 Å². The number of rotatable bonds is 9. The summed E-state index contributed by atoms with van der Waals surface area (Å²) in [6.45, 7) is 6.43. The first-order valence-electron chi connectivity index (χ1n) is 9.37. The van der Waals surface area contributed by atoms with Crippen LogP contribution >= 0.6 is 0 Å². The summed E-state index contributed by atoms with van der Waals surface area (Å²) in [7, 11) is 1.57. The number of anilines is 2. The van der Waals surface area contributed by atoms with Crippen molar-refractivity contribution in [2.45, 2.75) is 33.3 Å². The Kier molecular flexibility index (Phi) is 8.02. The predicted molar refractivity (Wildman–Crippen MR) is 111 cm³/mol. The summed E-state index contributed by atoms with van der Waals surface area (Å²) >= 11 is 0. The zero-order chi connectivity index (χ0) is 20.5. The monoisotopic (exact) mass is 384 g/mol. The average molecular weight is 384 g/mol. The topological polar surface area (TPSA) is 76.7 Å². The molecule has 28 heavy (non-hydrogen) atoms. The van der Waals surface area contributed by atoms with E-state index in [1.54, 1.807) is 62.6 Å². The molecule has 0 spiro atoms. The van der Waals surface area contributed by atoms with Crippen LogP contribution < -0.4 is 15.4 Å². The fourth-order valence-electron chi connectivity index (χ4n) is 2.48. The molecule has 150 valence electrons. The first-order chi connectivity index (χ1) is 13.4. The number of ether oxygens (including phenoxy) is 2. The Morgan fingerprint density at radius 1 is 1.00 bits per heavy atom. The number of para-hydroxylation sites is 1. The van der Waals surface area contributed by atoms with Crippen molar-refractivity contribution in [3.8, 4) is 5.75 Å². The number of amides is 2. The number of nitrogens with one attached hydrogen (secondary N) is 2. The largest absolute Gasteiger partial charge is 0.497 e. The molecule has 2 N–H and O–H groups in total. The van der Waals surface area contributed by atoms with E-state index in [9.17, 15) is 9.59 Å². The van der Waals surface area contributed by atoms with Crippen molar-refractivity contribution in [1.82, 2.24) is 0 Å². The zero-order valence-electron chi connectivity index (χ0n) is 16.8. The average Bonchev–Trinajstić information content (AvgIpc) is 2.68. The summed E-state index contributed by atoms with van der Waals surface area (Å²) in [6, 6.07) is 14.0. The third-order valence-corrected chi connectivity index (χ3v) is 4.19. The fraction of sp³-hybridized carbons (Fsp3) is 0.364. The van der Waals surface area contributed by atoms with Crippen LogP contribution in [0, 0.1) is 5.92 Å². The van der Waals surface area contributed by atoms with E-state index in [-0.39, 0.29) is 11.8 Å². The molecule has 0 saturated carbocycles. The van der Waals surface area contributed by atoms with Gasteiger partial charge in [0.1, 0.15) is 11.9 Å². The van der Waals surface area contributed by atoms with Gasteiger partial charge in [0, 0.05) is 18.4 Å². The van der Waals surface area contributed by atoms with E-state index in [0.717, 1.165) is 6.42 Å². The summed E-state index contributed by atoms with van der Waals surface area (Å²) in [4.78, 5) is 25.1. The van der Waals surface area contributed by atoms with E-state index in [0.29, 0.717) is 35.2 Å². The maximum Gasteiger partial charge on any atom is 0.257 e. The highest BCUT2D eigenvalue weighted by molar-refractivity contribution is 6.10. The minimum atomic E-state index is -0.603. The van der Waals surface area contributed by atoms with Gasteiger partial charge in [0.05, 0.1) is 18.4 Å². The van der Waals surface area contributed by atoms with E-state index < -0.39 is 6.10 Å². The van der Waals surface area contributed by atoms with Crippen LogP contribution in [0.15, 0.2) is 48.5 Å². The summed E-state index contributed by atoms with van der Waals surface area (Å²) in [5.41, 5.74) is 1.41. The molecule has 1 unspecified atom stereocenters. The third-order valence-electron chi connectivity index (χ3n) is 4.19. The van der Waals surface area contributed by atoms with E-state index in [2.05, 4.69) is 24.5 Å². The normalized spacial score (nSPS) is 11.8. The van der Waals surface area contributed by atoms with Gasteiger partial charge in [0.2, 0.25) is 0 Å². The van der Waals surface area contributed by atoms with Crippen LogP contribution in [0.25, 0.3) is 0 Å². The Hall–Kier alpha value is -2.86. The second-order valence-corrected chi connectivity index (χ2v) is 6.92. The van der Waals surface area contributed by atoms with Crippen molar-refractivity contribution in [2.75, 3.05) is 24.4 Å². The minimum absolute atomic E-state index is 0.287. The van der Waals surface area contributed by atoms with Crippen molar-refractivity contribution in [3.63, 3.8) is 0 Å². The van der Waals surface area contributed by atoms with Crippen LogP contribution in [0.5, 0.6) is 5.75 Å². The Balaban J connectivity index is 2.05. The number of benzene rings is 2. The molecular formula is C22H28N2O4. The summed E-state index contributed by atoms with van der Waals surface area (Å²) in [5.74, 6) is 0.547. The number of carbonyl (C=O) groups is 2. The lowest BCUT2D eigenvalue weighted by Gasteiger charge is -2.16. The molecule has 6 heteroatoms. The summed E-state index contributed by atoms with van der Waals surface area (Å²) in [5, 5.41) is 5.61. The molecule has 2 rings (SSSR count). The highest BCUT2D eigenvalue weighted by atomic mass is 16.5. The molecule has 0 aliphatic heterocycles. The number of hydrogen-bond acceptors (Lipinski definition) is 4. The molecule has 0 bridgehead atoms. The van der Waals surface area contributed by atoms with Crippen molar-refractivity contribution in [2.24, 2.45) is 5.92 Å². The number of methoxy groups -OCH3 is 1. The maximum absolute atomic E-state index is 12.7. The van der Waals surface area contributed by atoms with Crippen LogP contribution in [0.2, 0.25) is 0 Å². The number of carbonyl (C=O) groups excluding carboxylic acids is 2. The van der Waals surface area contributed by atoms with Crippen molar-refractivity contribution in [1.29, 1.82) is 0 Å². The molecule has 1 atom stereocenters. The maximum atomic E-state index is 12.7. The highest BCUT2D eigenvalue weighted by Gasteiger charge is 2.18. The minimum Gasteiger partial charge on any atom is -0.497 e. The predicted octanol–water partition coefficient (Wildman–Crippen LogP) is 4.34. The van der Waals surface area contributed by atoms with E-state index in [1.165, 1.54) is 0 Å². The molecule has 0 heterocycles. The van der Waals surface area contributed by atoms with Gasteiger partial charge in [-0.05, 0) is 43.5 Å². The van der Waals surface area contributed by atoms with Crippen molar-refractivity contribution >= 4 is 23.2 Å². The quantitative estimate of drug-likeness (QED) is 0.674. The van der Waals surface area contributed by atoms with Crippen molar-refractivity contribution < 1.29 is 19.1 Å². The molecule has 2 amide bonds. The van der Waals surface area contributed by atoms with E-state index in [1.807, 2.05) is 0 Å². The van der Waals surface area contributed by atoms with Crippen LogP contribution in [-0.2, 0) is 9.53 Å². The molecule has 0 fully saturated rings. The molecule has 0 aromatic heterocycles. The molecule has 0 aliphatic rings. The molecule has 0 radical (unpaired) electrons. The third kappa shape index (κ3) is 6.39. The Labute approximate surface area is 166 Å². The summed E-state index contributed by atoms with van der Waals surface area (Å²) in [6.07, 6.45) is 0.283. The first-order valence-corrected chi connectivity index (χ1v) is 9.37. The van der Waals surface area contributed by atoms with E-state index in [4.69, 9.17) is 9.47 Å². The zero-order valence-corrected chi connectivity index (χ0v) is 16.8. The summed E-state index contributed by atoms with van der Waals surface area (Å²) < 4.78 is 10.8. The van der Waals surface area contributed by atoms with Crippen molar-refractivity contribution in [3.05, 3.63) is 54.1 Å². The van der Waals surface area contributed by atoms with Crippen LogP contribution in [0.4, 0.5) is 11.4 Å². The lowest BCUT2D eigenvalue weighted by molar-refractivity contribution is -0.126. The number of hydrogen-bond donors (Lipinski definition) is 2. The fourth-order valence-corrected chi connectivity index (χ4v) is 2.48. The van der Waals surface area contributed by atoms with Gasteiger partial charge in [-0.1, -0.05) is 32.0 Å². The van der Waals surface area contributed by atoms with Gasteiger partial charge in [0.15, 0.2) is 0 Å². The van der Waals surface area contributed by atoms with Gasteiger partial charge >= 0.3 is 0 Å². The van der Waals surface area contributed by atoms with Gasteiger partial charge in [0.25, 0.3) is 11.8 Å². The van der Waals surface area contributed by atoms with Gasteiger partial charge in [-0.25, -0.2) is 0 Å².